The van der Waals surface area contributed by atoms with Crippen molar-refractivity contribution in [3.8, 4) is 17.2 Å². The van der Waals surface area contributed by atoms with E-state index in [9.17, 15) is 9.59 Å². The molecule has 0 N–H and O–H groups in total. The van der Waals surface area contributed by atoms with Gasteiger partial charge in [0.25, 0.3) is 5.91 Å². The van der Waals surface area contributed by atoms with Gasteiger partial charge in [-0.15, -0.1) is 0 Å². The van der Waals surface area contributed by atoms with Crippen molar-refractivity contribution in [2.75, 3.05) is 39.8 Å². The van der Waals surface area contributed by atoms with E-state index in [4.69, 9.17) is 5.26 Å². The SMILES string of the molecule is COC(=O)CN1CCN(C(=O)c2ccc(-c3ccc(C#N)cc3)cc2)CC1. The molecule has 2 aromatic rings. The zero-order valence-corrected chi connectivity index (χ0v) is 15.2. The highest BCUT2D eigenvalue weighted by atomic mass is 16.5. The van der Waals surface area contributed by atoms with Crippen molar-refractivity contribution in [3.63, 3.8) is 0 Å². The lowest BCUT2D eigenvalue weighted by atomic mass is 10.0. The normalized spacial score (nSPS) is 14.4. The molecule has 6 nitrogen and oxygen atoms in total. The first-order valence-electron chi connectivity index (χ1n) is 8.80. The number of esters is 1. The molecule has 2 aromatic carbocycles. The summed E-state index contributed by atoms with van der Waals surface area (Å²) in [5.41, 5.74) is 3.27. The predicted octanol–water partition coefficient (Wildman–Crippen LogP) is 2.16. The summed E-state index contributed by atoms with van der Waals surface area (Å²) in [5.74, 6) is -0.257. The molecule has 0 aromatic heterocycles. The van der Waals surface area contributed by atoms with E-state index in [1.165, 1.54) is 7.11 Å². The van der Waals surface area contributed by atoms with Gasteiger partial charge in [-0.2, -0.15) is 5.26 Å². The Morgan fingerprint density at radius 2 is 1.52 bits per heavy atom. The minimum atomic E-state index is -0.256. The van der Waals surface area contributed by atoms with Crippen LogP contribution in [0.3, 0.4) is 0 Å². The molecule has 0 aliphatic carbocycles. The summed E-state index contributed by atoms with van der Waals surface area (Å²) in [7, 11) is 1.38. The minimum absolute atomic E-state index is 0.000837. The lowest BCUT2D eigenvalue weighted by Gasteiger charge is -2.34. The van der Waals surface area contributed by atoms with Crippen LogP contribution >= 0.6 is 0 Å². The van der Waals surface area contributed by atoms with E-state index < -0.39 is 0 Å². The second-order valence-corrected chi connectivity index (χ2v) is 6.41. The third kappa shape index (κ3) is 4.52. The standard InChI is InChI=1S/C21H21N3O3/c1-27-20(25)15-23-10-12-24(13-11-23)21(26)19-8-6-18(7-9-19)17-4-2-16(14-22)3-5-17/h2-9H,10-13,15H2,1H3. The molecule has 0 bridgehead atoms. The molecule has 1 amide bonds. The number of hydrogen-bond donors (Lipinski definition) is 0. The lowest BCUT2D eigenvalue weighted by molar-refractivity contribution is -0.142. The Hall–Kier alpha value is -3.17. The van der Waals surface area contributed by atoms with E-state index in [0.717, 1.165) is 11.1 Å². The van der Waals surface area contributed by atoms with Crippen molar-refractivity contribution in [1.29, 1.82) is 5.26 Å². The molecule has 0 unspecified atom stereocenters. The van der Waals surface area contributed by atoms with E-state index in [-0.39, 0.29) is 18.4 Å². The Balaban J connectivity index is 1.61. The van der Waals surface area contributed by atoms with Crippen molar-refractivity contribution in [3.05, 3.63) is 59.7 Å². The molecule has 1 fully saturated rings. The van der Waals surface area contributed by atoms with Crippen LogP contribution in [-0.2, 0) is 9.53 Å². The number of piperazine rings is 1. The molecule has 0 atom stereocenters. The Morgan fingerprint density at radius 3 is 2.04 bits per heavy atom. The van der Waals surface area contributed by atoms with Gasteiger partial charge >= 0.3 is 5.97 Å². The van der Waals surface area contributed by atoms with Crippen LogP contribution in [0.25, 0.3) is 11.1 Å². The van der Waals surface area contributed by atoms with Crippen molar-refractivity contribution >= 4 is 11.9 Å². The van der Waals surface area contributed by atoms with Crippen LogP contribution in [0.2, 0.25) is 0 Å². The number of amides is 1. The maximum atomic E-state index is 12.7. The van der Waals surface area contributed by atoms with Crippen LogP contribution in [0.1, 0.15) is 15.9 Å². The van der Waals surface area contributed by atoms with Gasteiger partial charge in [0.1, 0.15) is 0 Å². The van der Waals surface area contributed by atoms with Gasteiger partial charge in [-0.1, -0.05) is 24.3 Å². The third-order valence-corrected chi connectivity index (χ3v) is 4.72. The average Bonchev–Trinajstić information content (AvgIpc) is 2.74. The molecule has 0 spiro atoms. The summed E-state index contributed by atoms with van der Waals surface area (Å²) in [6.07, 6.45) is 0. The minimum Gasteiger partial charge on any atom is -0.468 e. The first-order chi connectivity index (χ1) is 13.1. The fourth-order valence-electron chi connectivity index (χ4n) is 3.08. The summed E-state index contributed by atoms with van der Waals surface area (Å²) < 4.78 is 4.68. The fraction of sp³-hybridized carbons (Fsp3) is 0.286. The van der Waals surface area contributed by atoms with Crippen molar-refractivity contribution in [1.82, 2.24) is 9.80 Å². The summed E-state index contributed by atoms with van der Waals surface area (Å²) in [6.45, 7) is 2.76. The van der Waals surface area contributed by atoms with Crippen LogP contribution in [0.4, 0.5) is 0 Å². The molecule has 1 saturated heterocycles. The largest absolute Gasteiger partial charge is 0.468 e. The lowest BCUT2D eigenvalue weighted by Crippen LogP contribution is -2.50. The van der Waals surface area contributed by atoms with E-state index >= 15 is 0 Å². The number of carbonyl (C=O) groups is 2. The number of methoxy groups -OCH3 is 1. The molecule has 1 heterocycles. The van der Waals surface area contributed by atoms with Crippen LogP contribution in [0.5, 0.6) is 0 Å². The molecule has 27 heavy (non-hydrogen) atoms. The predicted molar refractivity (Wildman–Crippen MR) is 101 cm³/mol. The highest BCUT2D eigenvalue weighted by Crippen LogP contribution is 2.21. The first-order valence-corrected chi connectivity index (χ1v) is 8.80. The Labute approximate surface area is 158 Å². The maximum absolute atomic E-state index is 12.7. The number of nitriles is 1. The average molecular weight is 363 g/mol. The molecule has 1 aliphatic rings. The Morgan fingerprint density at radius 1 is 0.963 bits per heavy atom. The van der Waals surface area contributed by atoms with Crippen LogP contribution in [0, 0.1) is 11.3 Å². The quantitative estimate of drug-likeness (QED) is 0.778. The van der Waals surface area contributed by atoms with Gasteiger partial charge in [-0.3, -0.25) is 14.5 Å². The number of nitrogens with zero attached hydrogens (tertiary/aromatic N) is 3. The van der Waals surface area contributed by atoms with E-state index in [1.54, 1.807) is 12.1 Å². The van der Waals surface area contributed by atoms with Gasteiger partial charge < -0.3 is 9.64 Å². The number of carbonyl (C=O) groups excluding carboxylic acids is 2. The smallest absolute Gasteiger partial charge is 0.319 e. The summed E-state index contributed by atoms with van der Waals surface area (Å²) in [5, 5.41) is 8.87. The molecule has 0 saturated carbocycles. The second kappa shape index (κ2) is 8.47. The van der Waals surface area contributed by atoms with Crippen LogP contribution < -0.4 is 0 Å². The zero-order valence-electron chi connectivity index (χ0n) is 15.2. The Bertz CT molecular complexity index is 846. The summed E-state index contributed by atoms with van der Waals surface area (Å²) in [4.78, 5) is 27.8. The van der Waals surface area contributed by atoms with Gasteiger partial charge in [-0.25, -0.2) is 0 Å². The molecular weight excluding hydrogens is 342 g/mol. The number of ether oxygens (including phenoxy) is 1. The van der Waals surface area contributed by atoms with Gasteiger partial charge in [0.2, 0.25) is 0 Å². The molecule has 3 rings (SSSR count). The molecular formula is C21H21N3O3. The third-order valence-electron chi connectivity index (χ3n) is 4.72. The fourth-order valence-corrected chi connectivity index (χ4v) is 3.08. The molecule has 0 radical (unpaired) electrons. The zero-order chi connectivity index (χ0) is 19.2. The van der Waals surface area contributed by atoms with Crippen molar-refractivity contribution in [2.45, 2.75) is 0 Å². The number of rotatable bonds is 4. The Kier molecular flexibility index (Phi) is 5.84. The maximum Gasteiger partial charge on any atom is 0.319 e. The van der Waals surface area contributed by atoms with E-state index in [0.29, 0.717) is 37.3 Å². The first kappa shape index (κ1) is 18.6. The molecule has 1 aliphatic heterocycles. The van der Waals surface area contributed by atoms with Gasteiger partial charge in [-0.05, 0) is 35.4 Å². The van der Waals surface area contributed by atoms with Gasteiger partial charge in [0.05, 0.1) is 25.3 Å². The summed E-state index contributed by atoms with van der Waals surface area (Å²) in [6, 6.07) is 17.0. The number of benzene rings is 2. The highest BCUT2D eigenvalue weighted by molar-refractivity contribution is 5.94. The van der Waals surface area contributed by atoms with Crippen molar-refractivity contribution < 1.29 is 14.3 Å². The monoisotopic (exact) mass is 363 g/mol. The second-order valence-electron chi connectivity index (χ2n) is 6.41. The summed E-state index contributed by atoms with van der Waals surface area (Å²) >= 11 is 0. The van der Waals surface area contributed by atoms with Crippen LogP contribution in [0.15, 0.2) is 48.5 Å². The molecule has 138 valence electrons. The van der Waals surface area contributed by atoms with Crippen molar-refractivity contribution in [2.24, 2.45) is 0 Å². The number of hydrogen-bond acceptors (Lipinski definition) is 5. The van der Waals surface area contributed by atoms with Gasteiger partial charge in [0.15, 0.2) is 0 Å². The van der Waals surface area contributed by atoms with Crippen LogP contribution in [-0.4, -0.2) is 61.5 Å². The molecule has 6 heteroatoms. The highest BCUT2D eigenvalue weighted by Gasteiger charge is 2.23. The topological polar surface area (TPSA) is 73.6 Å². The van der Waals surface area contributed by atoms with Gasteiger partial charge in [0, 0.05) is 31.7 Å². The van der Waals surface area contributed by atoms with E-state index in [2.05, 4.69) is 10.8 Å². The van der Waals surface area contributed by atoms with E-state index in [1.807, 2.05) is 46.2 Å².